The number of aliphatic carboxylic acids is 1. The fourth-order valence-electron chi connectivity index (χ4n) is 3.14. The molecule has 4 N–H and O–H groups in total. The number of β-lactam (4-membered cyclic amide) rings is 1. The van der Waals surface area contributed by atoms with Crippen LogP contribution >= 0.6 is 46.2 Å². The molecule has 1 unspecified atom stereocenters. The molecule has 0 spiro atoms. The van der Waals surface area contributed by atoms with Crippen LogP contribution < -0.4 is 10.1 Å². The summed E-state index contributed by atoms with van der Waals surface area (Å²) in [4.78, 5) is 38.0. The molecule has 0 aliphatic carbocycles. The summed E-state index contributed by atoms with van der Waals surface area (Å²) in [5.41, 5.74) is 0.815. The van der Waals surface area contributed by atoms with Crippen molar-refractivity contribution in [1.82, 2.24) is 25.1 Å². The van der Waals surface area contributed by atoms with Crippen molar-refractivity contribution in [2.45, 2.75) is 29.1 Å². The number of carboxylic acids is 1. The highest BCUT2D eigenvalue weighted by atomic mass is 32.2. The molecule has 4 heterocycles. The molecule has 164 valence electrons. The molecule has 11 nitrogen and oxygen atoms in total. The van der Waals surface area contributed by atoms with Gasteiger partial charge in [-0.2, -0.15) is 4.73 Å². The zero-order valence-corrected chi connectivity index (χ0v) is 19.2. The van der Waals surface area contributed by atoms with Gasteiger partial charge in [0.05, 0.1) is 12.1 Å². The smallest absolute Gasteiger partial charge is 0.352 e. The first-order valence-corrected chi connectivity index (χ1v) is 12.5. The third-order valence-electron chi connectivity index (χ3n) is 4.56. The SMILES string of the molecule is Cc1nnc(SCC2=C(C(=O)O)N3C(=O)C(NC(=O)Cc4csc(=N)n4O)[C@@H]3SC2)s1. The van der Waals surface area contributed by atoms with Crippen LogP contribution in [0.1, 0.15) is 10.7 Å². The molecule has 0 saturated carbocycles. The number of amides is 2. The Morgan fingerprint density at radius 1 is 1.42 bits per heavy atom. The molecular weight excluding hydrogens is 484 g/mol. The lowest BCUT2D eigenvalue weighted by molar-refractivity contribution is -0.150. The maximum atomic E-state index is 12.7. The van der Waals surface area contributed by atoms with Crippen LogP contribution in [0.2, 0.25) is 0 Å². The van der Waals surface area contributed by atoms with Crippen LogP contribution in [-0.2, 0) is 20.8 Å². The summed E-state index contributed by atoms with van der Waals surface area (Å²) in [6.45, 7) is 1.84. The number of fused-ring (bicyclic) bond motifs is 1. The number of nitrogens with zero attached hydrogens (tertiary/aromatic N) is 4. The van der Waals surface area contributed by atoms with Gasteiger partial charge in [-0.15, -0.1) is 33.3 Å². The number of thioether (sulfide) groups is 2. The van der Waals surface area contributed by atoms with Crippen molar-refractivity contribution in [1.29, 1.82) is 5.41 Å². The predicted molar refractivity (Wildman–Crippen MR) is 114 cm³/mol. The van der Waals surface area contributed by atoms with E-state index in [0.29, 0.717) is 21.8 Å². The maximum absolute atomic E-state index is 12.7. The number of carbonyl (C=O) groups excluding carboxylic acids is 2. The van der Waals surface area contributed by atoms with E-state index in [4.69, 9.17) is 5.41 Å². The Hall–Kier alpha value is -2.36. The second-order valence-electron chi connectivity index (χ2n) is 6.61. The van der Waals surface area contributed by atoms with Crippen LogP contribution in [0, 0.1) is 12.3 Å². The lowest BCUT2D eigenvalue weighted by atomic mass is 10.0. The Labute approximate surface area is 191 Å². The molecule has 2 atom stereocenters. The van der Waals surface area contributed by atoms with Crippen molar-refractivity contribution in [3.05, 3.63) is 32.2 Å². The number of carboxylic acid groups (broad SMARTS) is 1. The molecule has 2 aliphatic rings. The van der Waals surface area contributed by atoms with Crippen molar-refractivity contribution < 1.29 is 24.7 Å². The van der Waals surface area contributed by atoms with Crippen molar-refractivity contribution in [3.8, 4) is 0 Å². The lowest BCUT2D eigenvalue weighted by Gasteiger charge is -2.49. The van der Waals surface area contributed by atoms with Gasteiger partial charge in [-0.3, -0.25) is 19.9 Å². The van der Waals surface area contributed by atoms with E-state index in [9.17, 15) is 24.7 Å². The number of aryl methyl sites for hydroxylation is 1. The summed E-state index contributed by atoms with van der Waals surface area (Å²) < 4.78 is 1.34. The number of nitrogens with one attached hydrogen (secondary N) is 2. The van der Waals surface area contributed by atoms with Gasteiger partial charge in [-0.1, -0.05) is 23.1 Å². The number of aromatic nitrogens is 3. The van der Waals surface area contributed by atoms with Crippen molar-refractivity contribution in [2.24, 2.45) is 0 Å². The van der Waals surface area contributed by atoms with Gasteiger partial charge < -0.3 is 15.6 Å². The van der Waals surface area contributed by atoms with Crippen LogP contribution in [0.4, 0.5) is 0 Å². The van der Waals surface area contributed by atoms with Gasteiger partial charge in [0.15, 0.2) is 4.34 Å². The molecule has 0 radical (unpaired) electrons. The second kappa shape index (κ2) is 8.64. The number of hydrogen-bond acceptors (Lipinski definition) is 11. The van der Waals surface area contributed by atoms with E-state index >= 15 is 0 Å². The normalized spacial score (nSPS) is 20.4. The predicted octanol–water partition coefficient (Wildman–Crippen LogP) is 0.500. The molecular formula is C16H16N6O5S4. The fourth-order valence-corrected chi connectivity index (χ4v) is 7.09. The van der Waals surface area contributed by atoms with E-state index in [2.05, 4.69) is 15.5 Å². The average Bonchev–Trinajstić information content (AvgIpc) is 3.29. The molecule has 2 aliphatic heterocycles. The van der Waals surface area contributed by atoms with Gasteiger partial charge in [0.25, 0.3) is 5.91 Å². The lowest BCUT2D eigenvalue weighted by Crippen LogP contribution is -2.70. The number of thiazole rings is 1. The number of carbonyl (C=O) groups is 3. The van der Waals surface area contributed by atoms with Crippen LogP contribution in [0.15, 0.2) is 21.0 Å². The number of rotatable bonds is 7. The molecule has 31 heavy (non-hydrogen) atoms. The van der Waals surface area contributed by atoms with E-state index < -0.39 is 29.2 Å². The van der Waals surface area contributed by atoms with E-state index in [1.54, 1.807) is 0 Å². The first-order valence-electron chi connectivity index (χ1n) is 8.81. The Balaban J connectivity index is 1.44. The summed E-state index contributed by atoms with van der Waals surface area (Å²) in [5.74, 6) is -1.37. The molecule has 0 bridgehead atoms. The highest BCUT2D eigenvalue weighted by molar-refractivity contribution is 8.01. The van der Waals surface area contributed by atoms with Gasteiger partial charge in [0.2, 0.25) is 10.7 Å². The van der Waals surface area contributed by atoms with Gasteiger partial charge in [-0.05, 0) is 12.5 Å². The molecule has 2 aromatic heterocycles. The summed E-state index contributed by atoms with van der Waals surface area (Å²) in [6.07, 6.45) is -0.197. The molecule has 1 fully saturated rings. The largest absolute Gasteiger partial charge is 0.477 e. The van der Waals surface area contributed by atoms with Crippen molar-refractivity contribution in [2.75, 3.05) is 11.5 Å². The summed E-state index contributed by atoms with van der Waals surface area (Å²) in [5, 5.41) is 39.2. The van der Waals surface area contributed by atoms with Crippen LogP contribution in [0.25, 0.3) is 0 Å². The quantitative estimate of drug-likeness (QED) is 0.241. The minimum Gasteiger partial charge on any atom is -0.477 e. The van der Waals surface area contributed by atoms with Gasteiger partial charge >= 0.3 is 5.97 Å². The fraction of sp³-hybridized carbons (Fsp3) is 0.375. The molecule has 0 aromatic carbocycles. The van der Waals surface area contributed by atoms with Gasteiger partial charge in [0, 0.05) is 16.9 Å². The zero-order valence-electron chi connectivity index (χ0n) is 15.9. The third-order valence-corrected chi connectivity index (χ3v) is 8.74. The molecule has 4 rings (SSSR count). The Bertz CT molecular complexity index is 1150. The topological polar surface area (TPSA) is 161 Å². The number of hydrogen-bond donors (Lipinski definition) is 4. The van der Waals surface area contributed by atoms with E-state index in [1.807, 2.05) is 6.92 Å². The molecule has 1 saturated heterocycles. The second-order valence-corrected chi connectivity index (χ2v) is 11.0. The van der Waals surface area contributed by atoms with E-state index in [1.165, 1.54) is 45.1 Å². The van der Waals surface area contributed by atoms with Crippen molar-refractivity contribution in [3.63, 3.8) is 0 Å². The first kappa shape index (κ1) is 21.9. The van der Waals surface area contributed by atoms with Crippen LogP contribution in [0.5, 0.6) is 0 Å². The van der Waals surface area contributed by atoms with E-state index in [-0.39, 0.29) is 22.6 Å². The third kappa shape index (κ3) is 4.22. The minimum absolute atomic E-state index is 0.0436. The minimum atomic E-state index is -1.19. The van der Waals surface area contributed by atoms with Crippen molar-refractivity contribution >= 4 is 64.0 Å². The van der Waals surface area contributed by atoms with Crippen LogP contribution in [0.3, 0.4) is 0 Å². The summed E-state index contributed by atoms with van der Waals surface area (Å²) >= 11 is 5.16. The summed E-state index contributed by atoms with van der Waals surface area (Å²) in [6, 6.07) is -0.840. The monoisotopic (exact) mass is 500 g/mol. The Morgan fingerprint density at radius 2 is 2.19 bits per heavy atom. The Kier molecular flexibility index (Phi) is 6.09. The highest BCUT2D eigenvalue weighted by Crippen LogP contribution is 2.41. The Morgan fingerprint density at radius 3 is 2.81 bits per heavy atom. The molecule has 15 heteroatoms. The standard InChI is InChI=1S/C16H16N6O5S4/c1-6-19-20-16(31-6)30-4-7-3-28-13-10(12(24)21(13)11(7)14(25)26)18-9(23)2-8-5-29-15(17)22(8)27/h5,10,13,17,27H,2-4H2,1H3,(H,18,23)(H,25,26)/t10?,13-/m0/s1. The van der Waals surface area contributed by atoms with E-state index in [0.717, 1.165) is 20.7 Å². The highest BCUT2D eigenvalue weighted by Gasteiger charge is 2.54. The van der Waals surface area contributed by atoms with Gasteiger partial charge in [-0.25, -0.2) is 4.79 Å². The molecule has 2 amide bonds. The van der Waals surface area contributed by atoms with Crippen LogP contribution in [-0.4, -0.2) is 70.8 Å². The first-order chi connectivity index (χ1) is 14.8. The molecule has 2 aromatic rings. The maximum Gasteiger partial charge on any atom is 0.352 e. The van der Waals surface area contributed by atoms with Gasteiger partial charge in [0.1, 0.15) is 22.1 Å². The summed E-state index contributed by atoms with van der Waals surface area (Å²) in [7, 11) is 0. The average molecular weight is 501 g/mol. The zero-order chi connectivity index (χ0) is 22.3.